The molecule has 1 atom stereocenters. The number of fused-ring (bicyclic) bond motifs is 1. The summed E-state index contributed by atoms with van der Waals surface area (Å²) in [6, 6.07) is 10.7. The summed E-state index contributed by atoms with van der Waals surface area (Å²) in [5, 5.41) is 11.4. The molecule has 1 aliphatic rings. The van der Waals surface area contributed by atoms with E-state index in [0.29, 0.717) is 0 Å². The van der Waals surface area contributed by atoms with E-state index in [1.54, 1.807) is 0 Å². The third kappa shape index (κ3) is 2.43. The molecule has 2 aromatic rings. The number of thiazole rings is 1. The minimum atomic E-state index is -0.360. The molecule has 1 heterocycles. The van der Waals surface area contributed by atoms with E-state index in [4.69, 9.17) is 4.98 Å². The van der Waals surface area contributed by atoms with Crippen LogP contribution in [0.1, 0.15) is 66.8 Å². The Kier molecular flexibility index (Phi) is 4.14. The lowest BCUT2D eigenvalue weighted by molar-refractivity contribution is 0.152. The fourth-order valence-corrected chi connectivity index (χ4v) is 4.95. The SMILES string of the molecule is CCC(CC)(c1ccccc1)c1nc2c(s1)CCCC2O. The normalized spacial score (nSPS) is 18.5. The van der Waals surface area contributed by atoms with Crippen LogP contribution in [0.15, 0.2) is 30.3 Å². The molecule has 112 valence electrons. The highest BCUT2D eigenvalue weighted by atomic mass is 32.1. The first kappa shape index (κ1) is 14.7. The summed E-state index contributed by atoms with van der Waals surface area (Å²) in [7, 11) is 0. The van der Waals surface area contributed by atoms with Gasteiger partial charge in [0.1, 0.15) is 5.01 Å². The van der Waals surface area contributed by atoms with Gasteiger partial charge < -0.3 is 5.11 Å². The molecule has 0 amide bonds. The second kappa shape index (κ2) is 5.90. The molecule has 0 saturated carbocycles. The fourth-order valence-electron chi connectivity index (χ4n) is 3.44. The fraction of sp³-hybridized carbons (Fsp3) is 0.500. The Labute approximate surface area is 130 Å². The lowest BCUT2D eigenvalue weighted by Gasteiger charge is -2.30. The van der Waals surface area contributed by atoms with Gasteiger partial charge in [0.2, 0.25) is 0 Å². The van der Waals surface area contributed by atoms with Gasteiger partial charge in [0, 0.05) is 10.3 Å². The molecule has 1 aromatic carbocycles. The monoisotopic (exact) mass is 301 g/mol. The number of nitrogens with zero attached hydrogens (tertiary/aromatic N) is 1. The van der Waals surface area contributed by atoms with Crippen molar-refractivity contribution in [2.45, 2.75) is 57.5 Å². The average molecular weight is 301 g/mol. The first-order valence-corrected chi connectivity index (χ1v) is 8.76. The Balaban J connectivity index is 2.10. The van der Waals surface area contributed by atoms with Gasteiger partial charge in [-0.1, -0.05) is 44.2 Å². The summed E-state index contributed by atoms with van der Waals surface area (Å²) in [5.41, 5.74) is 2.28. The van der Waals surface area contributed by atoms with Crippen molar-refractivity contribution in [3.63, 3.8) is 0 Å². The van der Waals surface area contributed by atoms with E-state index < -0.39 is 0 Å². The third-order valence-corrected chi connectivity index (χ3v) is 6.20. The van der Waals surface area contributed by atoms with Gasteiger partial charge in [-0.05, 0) is 37.7 Å². The predicted molar refractivity (Wildman–Crippen MR) is 87.8 cm³/mol. The molecule has 21 heavy (non-hydrogen) atoms. The number of rotatable bonds is 4. The van der Waals surface area contributed by atoms with Crippen LogP contribution >= 0.6 is 11.3 Å². The van der Waals surface area contributed by atoms with Crippen LogP contribution in [-0.4, -0.2) is 10.1 Å². The molecular formula is C18H23NOS. The highest BCUT2D eigenvalue weighted by Crippen LogP contribution is 2.44. The Morgan fingerprint density at radius 2 is 1.95 bits per heavy atom. The molecule has 1 unspecified atom stereocenters. The van der Waals surface area contributed by atoms with Crippen LogP contribution < -0.4 is 0 Å². The molecular weight excluding hydrogens is 278 g/mol. The van der Waals surface area contributed by atoms with Crippen molar-refractivity contribution in [2.75, 3.05) is 0 Å². The van der Waals surface area contributed by atoms with Crippen LogP contribution in [-0.2, 0) is 11.8 Å². The molecule has 0 aliphatic heterocycles. The summed E-state index contributed by atoms with van der Waals surface area (Å²) in [4.78, 5) is 6.19. The summed E-state index contributed by atoms with van der Waals surface area (Å²) >= 11 is 1.82. The molecule has 3 heteroatoms. The van der Waals surface area contributed by atoms with Crippen molar-refractivity contribution >= 4 is 11.3 Å². The maximum absolute atomic E-state index is 10.2. The summed E-state index contributed by atoms with van der Waals surface area (Å²) in [6.45, 7) is 4.49. The zero-order valence-corrected chi connectivity index (χ0v) is 13.6. The van der Waals surface area contributed by atoms with E-state index >= 15 is 0 Å². The van der Waals surface area contributed by atoms with E-state index in [0.717, 1.165) is 37.8 Å². The van der Waals surface area contributed by atoms with Crippen LogP contribution in [0.25, 0.3) is 0 Å². The highest BCUT2D eigenvalue weighted by molar-refractivity contribution is 7.12. The summed E-state index contributed by atoms with van der Waals surface area (Å²) < 4.78 is 0. The molecule has 1 N–H and O–H groups in total. The largest absolute Gasteiger partial charge is 0.387 e. The van der Waals surface area contributed by atoms with Crippen molar-refractivity contribution in [3.05, 3.63) is 51.5 Å². The Morgan fingerprint density at radius 3 is 2.57 bits per heavy atom. The van der Waals surface area contributed by atoms with Crippen molar-refractivity contribution in [1.29, 1.82) is 0 Å². The zero-order valence-electron chi connectivity index (χ0n) is 12.8. The van der Waals surface area contributed by atoms with Gasteiger partial charge in [0.05, 0.1) is 11.8 Å². The van der Waals surface area contributed by atoms with E-state index in [1.807, 2.05) is 11.3 Å². The molecule has 1 aliphatic carbocycles. The highest BCUT2D eigenvalue weighted by Gasteiger charge is 2.36. The predicted octanol–water partition coefficient (Wildman–Crippen LogP) is 4.62. The maximum atomic E-state index is 10.2. The summed E-state index contributed by atoms with van der Waals surface area (Å²) in [5.74, 6) is 0. The van der Waals surface area contributed by atoms with E-state index in [1.165, 1.54) is 15.4 Å². The van der Waals surface area contributed by atoms with Crippen molar-refractivity contribution in [2.24, 2.45) is 0 Å². The number of aromatic nitrogens is 1. The Morgan fingerprint density at radius 1 is 1.24 bits per heavy atom. The number of aliphatic hydroxyl groups is 1. The van der Waals surface area contributed by atoms with E-state index in [2.05, 4.69) is 44.2 Å². The van der Waals surface area contributed by atoms with Crippen LogP contribution in [0.3, 0.4) is 0 Å². The van der Waals surface area contributed by atoms with Gasteiger partial charge in [-0.3, -0.25) is 0 Å². The average Bonchev–Trinajstić information content (AvgIpc) is 2.96. The number of aryl methyl sites for hydroxylation is 1. The smallest absolute Gasteiger partial charge is 0.104 e. The second-order valence-electron chi connectivity index (χ2n) is 5.89. The second-order valence-corrected chi connectivity index (χ2v) is 6.97. The standard InChI is InChI=1S/C18H23NOS/c1-3-18(4-2,13-9-6-5-7-10-13)17-19-16-14(20)11-8-12-15(16)21-17/h5-7,9-10,14,20H,3-4,8,11-12H2,1-2H3. The zero-order chi connectivity index (χ0) is 14.9. The van der Waals surface area contributed by atoms with Crippen molar-refractivity contribution in [1.82, 2.24) is 4.98 Å². The third-order valence-electron chi connectivity index (χ3n) is 4.87. The lowest BCUT2D eigenvalue weighted by atomic mass is 9.76. The molecule has 3 rings (SSSR count). The molecule has 0 radical (unpaired) electrons. The number of hydrogen-bond acceptors (Lipinski definition) is 3. The molecule has 1 aromatic heterocycles. The van der Waals surface area contributed by atoms with E-state index in [-0.39, 0.29) is 11.5 Å². The van der Waals surface area contributed by atoms with Gasteiger partial charge in [0.25, 0.3) is 0 Å². The first-order chi connectivity index (χ1) is 10.2. The maximum Gasteiger partial charge on any atom is 0.104 e. The quantitative estimate of drug-likeness (QED) is 0.894. The van der Waals surface area contributed by atoms with Crippen LogP contribution in [0.4, 0.5) is 0 Å². The number of benzene rings is 1. The van der Waals surface area contributed by atoms with E-state index in [9.17, 15) is 5.11 Å². The molecule has 0 fully saturated rings. The van der Waals surface area contributed by atoms with Gasteiger partial charge in [0.15, 0.2) is 0 Å². The Bertz CT molecular complexity index is 601. The summed E-state index contributed by atoms with van der Waals surface area (Å²) in [6.07, 6.45) is 4.72. The van der Waals surface area contributed by atoms with Gasteiger partial charge >= 0.3 is 0 Å². The number of aliphatic hydroxyl groups excluding tert-OH is 1. The van der Waals surface area contributed by atoms with Gasteiger partial charge in [-0.15, -0.1) is 11.3 Å². The van der Waals surface area contributed by atoms with Crippen LogP contribution in [0.5, 0.6) is 0 Å². The molecule has 0 saturated heterocycles. The Hall–Kier alpha value is -1.19. The van der Waals surface area contributed by atoms with Crippen molar-refractivity contribution in [3.8, 4) is 0 Å². The molecule has 2 nitrogen and oxygen atoms in total. The van der Waals surface area contributed by atoms with Gasteiger partial charge in [-0.2, -0.15) is 0 Å². The topological polar surface area (TPSA) is 33.1 Å². The van der Waals surface area contributed by atoms with Crippen LogP contribution in [0, 0.1) is 0 Å². The lowest BCUT2D eigenvalue weighted by Crippen LogP contribution is -2.26. The minimum absolute atomic E-state index is 0.0109. The number of hydrogen-bond donors (Lipinski definition) is 1. The van der Waals surface area contributed by atoms with Gasteiger partial charge in [-0.25, -0.2) is 4.98 Å². The molecule has 0 bridgehead atoms. The van der Waals surface area contributed by atoms with Crippen molar-refractivity contribution < 1.29 is 5.11 Å². The van der Waals surface area contributed by atoms with Crippen LogP contribution in [0.2, 0.25) is 0 Å². The first-order valence-electron chi connectivity index (χ1n) is 7.95. The minimum Gasteiger partial charge on any atom is -0.387 e. The molecule has 0 spiro atoms.